The van der Waals surface area contributed by atoms with Gasteiger partial charge in [0.15, 0.2) is 0 Å². The van der Waals surface area contributed by atoms with E-state index in [0.29, 0.717) is 21.9 Å². The molecule has 3 heteroatoms. The molecule has 0 fully saturated rings. The summed E-state index contributed by atoms with van der Waals surface area (Å²) >= 11 is 0. The smallest absolute Gasteiger partial charge is 0.145 e. The average molecular weight is 799 g/mol. The molecule has 0 aliphatic rings. The minimum atomic E-state index is -0.928. The molecule has 0 aliphatic carbocycles. The van der Waals surface area contributed by atoms with E-state index in [1.54, 1.807) is 30.3 Å². The largest absolute Gasteiger partial charge is 0.455 e. The van der Waals surface area contributed by atoms with Crippen molar-refractivity contribution < 1.29 is 31.8 Å². The molecule has 0 bridgehead atoms. The topological polar surface area (TPSA) is 21.3 Å². The fourth-order valence-electron chi connectivity index (χ4n) is 8.03. The van der Waals surface area contributed by atoms with Crippen LogP contribution in [-0.2, 0) is 0 Å². The van der Waals surface area contributed by atoms with Gasteiger partial charge in [0.1, 0.15) is 11.2 Å². The summed E-state index contributed by atoms with van der Waals surface area (Å²) < 4.78 is 191. The Morgan fingerprint density at radius 3 is 1.72 bits per heavy atom. The highest BCUT2D eigenvalue weighted by atomic mass is 16.3. The van der Waals surface area contributed by atoms with Crippen LogP contribution in [-0.4, -0.2) is 4.57 Å². The number of benzene rings is 10. The monoisotopic (exact) mass is 798 g/mol. The Balaban J connectivity index is 1.20. The second-order valence-corrected chi connectivity index (χ2v) is 14.1. The summed E-state index contributed by atoms with van der Waals surface area (Å²) in [5.74, 6) is 0. The number of furan rings is 1. The van der Waals surface area contributed by atoms with Gasteiger partial charge in [-0.3, -0.25) is 0 Å². The molecular formula is C58H38N2O. The highest BCUT2D eigenvalue weighted by molar-refractivity contribution is 6.14. The third-order valence-corrected chi connectivity index (χ3v) is 10.7. The normalized spacial score (nSPS) is 16.2. The molecule has 0 saturated heterocycles. The number of hydrogen-bond donors (Lipinski definition) is 0. The Hall–Kier alpha value is -8.14. The lowest BCUT2D eigenvalue weighted by atomic mass is 9.96. The maximum absolute atomic E-state index is 9.93. The van der Waals surface area contributed by atoms with Gasteiger partial charge in [0, 0.05) is 44.2 Å². The van der Waals surface area contributed by atoms with Crippen molar-refractivity contribution in [3.8, 4) is 39.1 Å². The van der Waals surface area contributed by atoms with Crippen molar-refractivity contribution in [1.29, 1.82) is 0 Å². The summed E-state index contributed by atoms with van der Waals surface area (Å²) in [6, 6.07) is 16.6. The molecule has 0 unspecified atom stereocenters. The number of anilines is 3. The van der Waals surface area contributed by atoms with E-state index in [1.807, 2.05) is 72.8 Å². The van der Waals surface area contributed by atoms with Gasteiger partial charge in [-0.15, -0.1) is 0 Å². The second kappa shape index (κ2) is 14.3. The van der Waals surface area contributed by atoms with Gasteiger partial charge < -0.3 is 13.9 Å². The van der Waals surface area contributed by atoms with Gasteiger partial charge in [-0.05, 0) is 105 Å². The molecule has 12 rings (SSSR count). The third-order valence-electron chi connectivity index (χ3n) is 10.7. The lowest BCUT2D eigenvalue weighted by molar-refractivity contribution is 0.670. The van der Waals surface area contributed by atoms with Gasteiger partial charge in [-0.25, -0.2) is 0 Å². The Morgan fingerprint density at radius 2 is 1.00 bits per heavy atom. The molecule has 0 spiro atoms. The Kier molecular flexibility index (Phi) is 4.74. The van der Waals surface area contributed by atoms with E-state index < -0.39 is 165 Å². The van der Waals surface area contributed by atoms with Gasteiger partial charge in [0.25, 0.3) is 0 Å². The van der Waals surface area contributed by atoms with Gasteiger partial charge in [-0.2, -0.15) is 0 Å². The molecule has 0 N–H and O–H groups in total. The van der Waals surface area contributed by atoms with Crippen molar-refractivity contribution in [2.45, 2.75) is 0 Å². The van der Waals surface area contributed by atoms with Gasteiger partial charge >= 0.3 is 0 Å². The maximum atomic E-state index is 9.93. The molecule has 10 aromatic carbocycles. The van der Waals surface area contributed by atoms with Crippen molar-refractivity contribution >= 4 is 71.6 Å². The zero-order valence-electron chi connectivity index (χ0n) is 51.7. The number of rotatable bonds is 7. The lowest BCUT2D eigenvalue weighted by Crippen LogP contribution is -2.11. The van der Waals surface area contributed by atoms with E-state index in [2.05, 4.69) is 4.57 Å². The average Bonchev–Trinajstić information content (AvgIpc) is 4.13. The summed E-state index contributed by atoms with van der Waals surface area (Å²) in [5.41, 5.74) is -0.215. The summed E-state index contributed by atoms with van der Waals surface area (Å²) in [4.78, 5) is 1.01. The first-order chi connectivity index (χ1) is 38.6. The molecule has 61 heavy (non-hydrogen) atoms. The van der Waals surface area contributed by atoms with Crippen LogP contribution in [0.15, 0.2) is 234 Å². The Bertz CT molecular complexity index is 4630. The predicted molar refractivity (Wildman–Crippen MR) is 257 cm³/mol. The minimum Gasteiger partial charge on any atom is -0.455 e. The van der Waals surface area contributed by atoms with Crippen LogP contribution < -0.4 is 4.90 Å². The molecule has 3 nitrogen and oxygen atoms in total. The number of nitrogens with zero attached hydrogens (tertiary/aromatic N) is 2. The zero-order valence-corrected chi connectivity index (χ0v) is 31.7. The van der Waals surface area contributed by atoms with E-state index in [-0.39, 0.29) is 16.8 Å². The van der Waals surface area contributed by atoms with Crippen LogP contribution in [0.5, 0.6) is 0 Å². The lowest BCUT2D eigenvalue weighted by Gasteiger charge is -2.28. The van der Waals surface area contributed by atoms with Crippen LogP contribution in [0.25, 0.3) is 93.6 Å². The predicted octanol–water partition coefficient (Wildman–Crippen LogP) is 16.3. The third kappa shape index (κ3) is 5.82. The molecule has 0 amide bonds. The summed E-state index contributed by atoms with van der Waals surface area (Å²) in [7, 11) is 0. The van der Waals surface area contributed by atoms with E-state index in [0.717, 1.165) is 32.4 Å². The zero-order chi connectivity index (χ0) is 57.7. The van der Waals surface area contributed by atoms with Crippen LogP contribution in [0.3, 0.4) is 0 Å². The highest BCUT2D eigenvalue weighted by Crippen LogP contribution is 2.47. The van der Waals surface area contributed by atoms with Crippen molar-refractivity contribution in [2.24, 2.45) is 0 Å². The van der Waals surface area contributed by atoms with Crippen LogP contribution in [0.2, 0.25) is 0 Å². The quantitative estimate of drug-likeness (QED) is 0.160. The van der Waals surface area contributed by atoms with Gasteiger partial charge in [0.05, 0.1) is 44.1 Å². The molecule has 0 aliphatic heterocycles. The van der Waals surface area contributed by atoms with E-state index in [4.69, 9.17) is 20.9 Å². The Labute approximate surface area is 381 Å². The van der Waals surface area contributed by atoms with Crippen molar-refractivity contribution in [3.05, 3.63) is 230 Å². The van der Waals surface area contributed by atoms with Crippen molar-refractivity contribution in [3.63, 3.8) is 0 Å². The molecule has 2 aromatic heterocycles. The summed E-state index contributed by atoms with van der Waals surface area (Å²) in [6.45, 7) is 0. The fourth-order valence-corrected chi connectivity index (χ4v) is 8.03. The number of hydrogen-bond acceptors (Lipinski definition) is 2. The molecule has 2 heterocycles. The van der Waals surface area contributed by atoms with Crippen LogP contribution in [0, 0.1) is 0 Å². The van der Waals surface area contributed by atoms with Crippen molar-refractivity contribution in [1.82, 2.24) is 4.57 Å². The van der Waals surface area contributed by atoms with Crippen molar-refractivity contribution in [2.75, 3.05) is 4.90 Å². The van der Waals surface area contributed by atoms with E-state index in [9.17, 15) is 11.0 Å². The fraction of sp³-hybridized carbons (Fsp3) is 0. The van der Waals surface area contributed by atoms with E-state index >= 15 is 0 Å². The van der Waals surface area contributed by atoms with Gasteiger partial charge in [-0.1, -0.05) is 163 Å². The second-order valence-electron chi connectivity index (χ2n) is 14.1. The summed E-state index contributed by atoms with van der Waals surface area (Å²) in [6.07, 6.45) is 0. The first-order valence-corrected chi connectivity index (χ1v) is 19.2. The van der Waals surface area contributed by atoms with Crippen LogP contribution >= 0.6 is 0 Å². The molecule has 0 radical (unpaired) electrons. The molecule has 286 valence electrons. The first-order valence-electron chi connectivity index (χ1n) is 29.2. The maximum Gasteiger partial charge on any atom is 0.145 e. The summed E-state index contributed by atoms with van der Waals surface area (Å²) in [5, 5.41) is 2.23. The number of fused-ring (bicyclic) bond motifs is 7. The number of aromatic nitrogens is 1. The minimum absolute atomic E-state index is 0.0798. The molecular weight excluding hydrogens is 741 g/mol. The Morgan fingerprint density at radius 1 is 0.410 bits per heavy atom. The van der Waals surface area contributed by atoms with E-state index in [1.165, 1.54) is 6.07 Å². The number of para-hydroxylation sites is 3. The SMILES string of the molecule is [2H]c1c([2H])c([2H])c(-c2c([2H])c([2H])c(N(c3ccc4c(oc5ccccc54)c3-c3ccc(-n4c5ccccc5c5ccccc54)cc3)c3c([2H])c([2H])c(-c4c([2H])c([2H])c([2H])c5c([2H])c([2H])c([2H])c([2H])c45)c([2H])c3[2H])c([2H])c2[2H])c([2H])c1[2H]. The molecule has 0 atom stereocenters. The van der Waals surface area contributed by atoms with Gasteiger partial charge in [0.2, 0.25) is 0 Å². The van der Waals surface area contributed by atoms with Crippen LogP contribution in [0.1, 0.15) is 27.4 Å². The molecule has 12 aromatic rings. The molecule has 0 saturated carbocycles. The first kappa shape index (κ1) is 20.2. The highest BCUT2D eigenvalue weighted by Gasteiger charge is 2.23. The standard InChI is InChI=1S/C58H38N2O/c1-2-13-39(14-3-1)40-25-31-44(32-26-40)59(45-33-27-42(28-34-45)48-21-12-16-41-15-4-5-17-47(41)48)55-38-37-52-51-20-8-11-24-56(51)61-58(52)57(55)43-29-35-46(36-30-43)60-53-22-9-6-18-49(53)50-19-7-10-23-54(50)60/h1-38H/i1D,2D,3D,4D,5D,12D,13D,14D,15D,16D,17D,21D,25D,26D,27D,28D,31D,32D,33D,34D. The van der Waals surface area contributed by atoms with Crippen LogP contribution in [0.4, 0.5) is 17.1 Å².